The fourth-order valence-electron chi connectivity index (χ4n) is 3.64. The van der Waals surface area contributed by atoms with Crippen LogP contribution in [0.3, 0.4) is 0 Å². The van der Waals surface area contributed by atoms with Gasteiger partial charge in [-0.25, -0.2) is 0 Å². The van der Waals surface area contributed by atoms with E-state index in [9.17, 15) is 9.90 Å². The fourth-order valence-corrected chi connectivity index (χ4v) is 3.64. The number of nitrogens with zero attached hydrogens (tertiary/aromatic N) is 1. The van der Waals surface area contributed by atoms with Gasteiger partial charge in [0, 0.05) is 29.9 Å². The molecular weight excluding hydrogens is 238 g/mol. The average molecular weight is 261 g/mol. The Balaban J connectivity index is 1.91. The molecule has 0 spiro atoms. The van der Waals surface area contributed by atoms with E-state index in [1.165, 1.54) is 5.69 Å². The lowest BCUT2D eigenvalue weighted by molar-refractivity contribution is 0.0901. The lowest BCUT2D eigenvalue weighted by Gasteiger charge is -2.33. The summed E-state index contributed by atoms with van der Waals surface area (Å²) < 4.78 is 2.32. The molecule has 1 aromatic rings. The molecule has 1 fully saturated rings. The molecule has 3 rings (SSSR count). The molecule has 1 aromatic heterocycles. The van der Waals surface area contributed by atoms with E-state index in [1.54, 1.807) is 0 Å². The van der Waals surface area contributed by atoms with Crippen LogP contribution in [0.25, 0.3) is 0 Å². The monoisotopic (exact) mass is 261 g/mol. The standard InChI is InChI=1S/C16H23NO2/c1-16(2)9-14-13(15(19)10-16)7-8-17(14)11-3-5-12(18)6-4-11/h7-8,11-12,18H,3-6,9-10H2,1-2H3. The Hall–Kier alpha value is -1.09. The first-order chi connectivity index (χ1) is 8.96. The van der Waals surface area contributed by atoms with Gasteiger partial charge in [0.15, 0.2) is 5.78 Å². The van der Waals surface area contributed by atoms with Crippen molar-refractivity contribution in [3.05, 3.63) is 23.5 Å². The summed E-state index contributed by atoms with van der Waals surface area (Å²) in [5.74, 6) is 0.292. The van der Waals surface area contributed by atoms with Crippen molar-refractivity contribution in [3.63, 3.8) is 0 Å². The quantitative estimate of drug-likeness (QED) is 0.844. The van der Waals surface area contributed by atoms with Gasteiger partial charge >= 0.3 is 0 Å². The number of hydrogen-bond acceptors (Lipinski definition) is 2. The molecule has 1 heterocycles. The predicted octanol–water partition coefficient (Wildman–Crippen LogP) is 3.12. The molecule has 0 bridgehead atoms. The molecule has 3 heteroatoms. The van der Waals surface area contributed by atoms with E-state index in [4.69, 9.17) is 0 Å². The van der Waals surface area contributed by atoms with Gasteiger partial charge in [0.2, 0.25) is 0 Å². The Labute approximate surface area is 114 Å². The number of carbonyl (C=O) groups is 1. The van der Waals surface area contributed by atoms with Crippen LogP contribution in [0.1, 0.15) is 68.0 Å². The molecule has 0 aliphatic heterocycles. The zero-order valence-electron chi connectivity index (χ0n) is 11.9. The molecule has 0 aromatic carbocycles. The summed E-state index contributed by atoms with van der Waals surface area (Å²) in [5, 5.41) is 9.62. The van der Waals surface area contributed by atoms with Crippen LogP contribution in [0, 0.1) is 5.41 Å². The highest BCUT2D eigenvalue weighted by Gasteiger charge is 2.34. The SMILES string of the molecule is CC1(C)CC(=O)c2ccn(C3CCC(O)CC3)c2C1. The van der Waals surface area contributed by atoms with Crippen molar-refractivity contribution >= 4 is 5.78 Å². The number of rotatable bonds is 1. The number of fused-ring (bicyclic) bond motifs is 1. The first-order valence-corrected chi connectivity index (χ1v) is 7.37. The minimum absolute atomic E-state index is 0.0777. The van der Waals surface area contributed by atoms with E-state index in [0.717, 1.165) is 37.7 Å². The highest BCUT2D eigenvalue weighted by molar-refractivity contribution is 5.98. The van der Waals surface area contributed by atoms with Crippen LogP contribution >= 0.6 is 0 Å². The summed E-state index contributed by atoms with van der Waals surface area (Å²) in [6.45, 7) is 4.35. The van der Waals surface area contributed by atoms with Crippen molar-refractivity contribution in [2.75, 3.05) is 0 Å². The Morgan fingerprint density at radius 2 is 1.89 bits per heavy atom. The molecule has 0 atom stereocenters. The summed E-state index contributed by atoms with van der Waals surface area (Å²) in [4.78, 5) is 12.2. The van der Waals surface area contributed by atoms with Gasteiger partial charge in [-0.2, -0.15) is 0 Å². The number of aliphatic hydroxyl groups excluding tert-OH is 1. The van der Waals surface area contributed by atoms with Crippen LogP contribution < -0.4 is 0 Å². The van der Waals surface area contributed by atoms with Gasteiger partial charge in [-0.1, -0.05) is 13.8 Å². The molecule has 0 saturated heterocycles. The molecule has 1 saturated carbocycles. The van der Waals surface area contributed by atoms with Crippen LogP contribution in [0.15, 0.2) is 12.3 Å². The Kier molecular flexibility index (Phi) is 3.05. The maximum atomic E-state index is 12.2. The summed E-state index contributed by atoms with van der Waals surface area (Å²) >= 11 is 0. The third-order valence-electron chi connectivity index (χ3n) is 4.67. The molecule has 0 amide bonds. The Bertz CT molecular complexity index is 493. The van der Waals surface area contributed by atoms with Crippen molar-refractivity contribution in [1.82, 2.24) is 4.57 Å². The normalized spacial score (nSPS) is 30.2. The van der Waals surface area contributed by atoms with E-state index < -0.39 is 0 Å². The van der Waals surface area contributed by atoms with Gasteiger partial charge in [0.1, 0.15) is 0 Å². The van der Waals surface area contributed by atoms with E-state index in [2.05, 4.69) is 24.6 Å². The summed E-state index contributed by atoms with van der Waals surface area (Å²) in [6, 6.07) is 2.46. The molecule has 104 valence electrons. The predicted molar refractivity (Wildman–Crippen MR) is 74.4 cm³/mol. The lowest BCUT2D eigenvalue weighted by atomic mass is 9.76. The van der Waals surface area contributed by atoms with Crippen LogP contribution in [0.4, 0.5) is 0 Å². The minimum Gasteiger partial charge on any atom is -0.393 e. The number of aromatic nitrogens is 1. The van der Waals surface area contributed by atoms with E-state index in [0.29, 0.717) is 18.2 Å². The molecular formula is C16H23NO2. The Morgan fingerprint density at radius 1 is 1.21 bits per heavy atom. The van der Waals surface area contributed by atoms with Crippen molar-refractivity contribution in [2.24, 2.45) is 5.41 Å². The minimum atomic E-state index is -0.124. The van der Waals surface area contributed by atoms with Gasteiger partial charge < -0.3 is 9.67 Å². The summed E-state index contributed by atoms with van der Waals surface area (Å²) in [7, 11) is 0. The molecule has 2 aliphatic rings. The summed E-state index contributed by atoms with van der Waals surface area (Å²) in [6.07, 6.45) is 7.43. The smallest absolute Gasteiger partial charge is 0.165 e. The topological polar surface area (TPSA) is 42.2 Å². The lowest BCUT2D eigenvalue weighted by Crippen LogP contribution is -2.30. The van der Waals surface area contributed by atoms with Crippen LogP contribution in [-0.2, 0) is 6.42 Å². The molecule has 19 heavy (non-hydrogen) atoms. The zero-order chi connectivity index (χ0) is 13.6. The van der Waals surface area contributed by atoms with Crippen molar-refractivity contribution < 1.29 is 9.90 Å². The number of aliphatic hydroxyl groups is 1. The molecule has 2 aliphatic carbocycles. The van der Waals surface area contributed by atoms with Crippen LogP contribution in [0.5, 0.6) is 0 Å². The van der Waals surface area contributed by atoms with Gasteiger partial charge in [0.05, 0.1) is 6.10 Å². The van der Waals surface area contributed by atoms with Crippen LogP contribution in [0.2, 0.25) is 0 Å². The summed E-state index contributed by atoms with van der Waals surface area (Å²) in [5.41, 5.74) is 2.24. The van der Waals surface area contributed by atoms with Gasteiger partial charge in [-0.15, -0.1) is 0 Å². The second kappa shape index (κ2) is 4.48. The highest BCUT2D eigenvalue weighted by atomic mass is 16.3. The van der Waals surface area contributed by atoms with Crippen LogP contribution in [-0.4, -0.2) is 21.6 Å². The number of hydrogen-bond donors (Lipinski definition) is 1. The maximum absolute atomic E-state index is 12.2. The molecule has 0 unspecified atom stereocenters. The fraction of sp³-hybridized carbons (Fsp3) is 0.688. The average Bonchev–Trinajstić information content (AvgIpc) is 2.72. The second-order valence-electron chi connectivity index (χ2n) is 6.99. The van der Waals surface area contributed by atoms with E-state index in [-0.39, 0.29) is 11.5 Å². The van der Waals surface area contributed by atoms with Gasteiger partial charge in [-0.3, -0.25) is 4.79 Å². The van der Waals surface area contributed by atoms with E-state index >= 15 is 0 Å². The number of Topliss-reactive ketones (excluding diaryl/α,β-unsaturated/α-hetero) is 1. The highest BCUT2D eigenvalue weighted by Crippen LogP contribution is 2.38. The van der Waals surface area contributed by atoms with Crippen molar-refractivity contribution in [3.8, 4) is 0 Å². The first kappa shape index (κ1) is 12.9. The second-order valence-corrected chi connectivity index (χ2v) is 6.99. The number of ketones is 1. The van der Waals surface area contributed by atoms with Crippen molar-refractivity contribution in [1.29, 1.82) is 0 Å². The van der Waals surface area contributed by atoms with Gasteiger partial charge in [0.25, 0.3) is 0 Å². The first-order valence-electron chi connectivity index (χ1n) is 7.37. The van der Waals surface area contributed by atoms with E-state index in [1.807, 2.05) is 6.07 Å². The molecule has 0 radical (unpaired) electrons. The molecule has 1 N–H and O–H groups in total. The van der Waals surface area contributed by atoms with Crippen molar-refractivity contribution in [2.45, 2.75) is 64.5 Å². The maximum Gasteiger partial charge on any atom is 0.165 e. The van der Waals surface area contributed by atoms with Gasteiger partial charge in [-0.05, 0) is 43.6 Å². The molecule has 3 nitrogen and oxygen atoms in total. The number of carbonyl (C=O) groups excluding carboxylic acids is 1. The third-order valence-corrected chi connectivity index (χ3v) is 4.67. The zero-order valence-corrected chi connectivity index (χ0v) is 11.9. The Morgan fingerprint density at radius 3 is 2.58 bits per heavy atom. The largest absolute Gasteiger partial charge is 0.393 e. The third kappa shape index (κ3) is 2.36.